The second-order valence-corrected chi connectivity index (χ2v) is 6.03. The van der Waals surface area contributed by atoms with Crippen LogP contribution in [0.1, 0.15) is 22.6 Å². The van der Waals surface area contributed by atoms with Crippen LogP contribution in [-0.4, -0.2) is 24.0 Å². The molecule has 3 rings (SSSR count). The van der Waals surface area contributed by atoms with Gasteiger partial charge in [-0.25, -0.2) is 0 Å². The second-order valence-electron chi connectivity index (χ2n) is 6.03. The Morgan fingerprint density at radius 1 is 0.957 bits per heavy atom. The van der Waals surface area contributed by atoms with Gasteiger partial charge in [-0.2, -0.15) is 13.2 Å². The van der Waals surface area contributed by atoms with Gasteiger partial charge in [0.05, 0.1) is 5.56 Å². The summed E-state index contributed by atoms with van der Waals surface area (Å²) in [6, 6.07) is 15.6. The van der Waals surface area contributed by atoms with E-state index in [4.69, 9.17) is 5.73 Å². The van der Waals surface area contributed by atoms with Gasteiger partial charge in [-0.3, -0.25) is 4.90 Å². The van der Waals surface area contributed by atoms with E-state index >= 15 is 0 Å². The number of benzene rings is 2. The lowest BCUT2D eigenvalue weighted by molar-refractivity contribution is -0.138. The number of hydrogen-bond acceptors (Lipinski definition) is 2. The summed E-state index contributed by atoms with van der Waals surface area (Å²) in [7, 11) is 0. The fourth-order valence-corrected chi connectivity index (χ4v) is 3.27. The average molecular weight is 320 g/mol. The normalized spacial score (nSPS) is 22.4. The van der Waals surface area contributed by atoms with E-state index in [1.807, 2.05) is 35.2 Å². The number of halogens is 3. The van der Waals surface area contributed by atoms with Crippen LogP contribution in [0.3, 0.4) is 0 Å². The Kier molecular flexibility index (Phi) is 4.41. The molecule has 1 heterocycles. The van der Waals surface area contributed by atoms with Crippen LogP contribution in [0.25, 0.3) is 0 Å². The Hall–Kier alpha value is -1.85. The molecule has 23 heavy (non-hydrogen) atoms. The molecule has 1 saturated heterocycles. The van der Waals surface area contributed by atoms with E-state index in [0.29, 0.717) is 18.7 Å². The molecular weight excluding hydrogens is 301 g/mol. The Morgan fingerprint density at radius 2 is 1.61 bits per heavy atom. The summed E-state index contributed by atoms with van der Waals surface area (Å²) in [6.45, 7) is 1.55. The predicted octanol–water partition coefficient (Wildman–Crippen LogP) is 3.63. The average Bonchev–Trinajstić information content (AvgIpc) is 2.88. The standard InChI is InChI=1S/C18H19F3N2/c19-18(20,21)16-9-5-4-8-14(16)10-23-11-15(17(22)12-23)13-6-2-1-3-7-13/h1-9,15,17H,10-12,22H2/t15-,17+/m0/s1. The van der Waals surface area contributed by atoms with Gasteiger partial charge in [-0.15, -0.1) is 0 Å². The Labute approximate surface area is 133 Å². The summed E-state index contributed by atoms with van der Waals surface area (Å²) in [5.74, 6) is 0.161. The highest BCUT2D eigenvalue weighted by Crippen LogP contribution is 2.34. The topological polar surface area (TPSA) is 29.3 Å². The summed E-state index contributed by atoms with van der Waals surface area (Å²) in [4.78, 5) is 2.01. The summed E-state index contributed by atoms with van der Waals surface area (Å²) >= 11 is 0. The van der Waals surface area contributed by atoms with Crippen LogP contribution >= 0.6 is 0 Å². The lowest BCUT2D eigenvalue weighted by atomic mass is 9.95. The van der Waals surface area contributed by atoms with Gasteiger partial charge < -0.3 is 5.73 Å². The van der Waals surface area contributed by atoms with Gasteiger partial charge in [0, 0.05) is 31.6 Å². The van der Waals surface area contributed by atoms with Crippen molar-refractivity contribution >= 4 is 0 Å². The third kappa shape index (κ3) is 3.57. The highest BCUT2D eigenvalue weighted by atomic mass is 19.4. The molecule has 2 N–H and O–H groups in total. The van der Waals surface area contributed by atoms with Gasteiger partial charge in [0.1, 0.15) is 0 Å². The minimum Gasteiger partial charge on any atom is -0.326 e. The zero-order valence-electron chi connectivity index (χ0n) is 12.6. The fourth-order valence-electron chi connectivity index (χ4n) is 3.27. The van der Waals surface area contributed by atoms with Gasteiger partial charge in [0.25, 0.3) is 0 Å². The van der Waals surface area contributed by atoms with Gasteiger partial charge in [0.2, 0.25) is 0 Å². The third-order valence-electron chi connectivity index (χ3n) is 4.39. The zero-order valence-corrected chi connectivity index (χ0v) is 12.6. The van der Waals surface area contributed by atoms with Crippen LogP contribution in [0.2, 0.25) is 0 Å². The Balaban J connectivity index is 1.76. The maximum atomic E-state index is 13.1. The molecule has 0 aliphatic carbocycles. The molecule has 0 radical (unpaired) electrons. The quantitative estimate of drug-likeness (QED) is 0.936. The van der Waals surface area contributed by atoms with Gasteiger partial charge >= 0.3 is 6.18 Å². The van der Waals surface area contributed by atoms with Gasteiger partial charge in [-0.1, -0.05) is 48.5 Å². The molecule has 122 valence electrons. The third-order valence-corrected chi connectivity index (χ3v) is 4.39. The van der Waals surface area contributed by atoms with E-state index in [1.165, 1.54) is 6.07 Å². The molecule has 5 heteroatoms. The van der Waals surface area contributed by atoms with Crippen molar-refractivity contribution in [2.75, 3.05) is 13.1 Å². The second kappa shape index (κ2) is 6.34. The van der Waals surface area contributed by atoms with Crippen molar-refractivity contribution in [3.8, 4) is 0 Å². The SMILES string of the molecule is N[C@@H]1CN(Cc2ccccc2C(F)(F)F)C[C@H]1c1ccccc1. The minimum atomic E-state index is -4.32. The molecule has 0 aromatic heterocycles. The molecule has 0 spiro atoms. The number of likely N-dealkylation sites (tertiary alicyclic amines) is 1. The zero-order chi connectivity index (χ0) is 16.4. The first-order chi connectivity index (χ1) is 10.9. The maximum Gasteiger partial charge on any atom is 0.416 e. The molecule has 2 nitrogen and oxygen atoms in total. The van der Waals surface area contributed by atoms with Crippen molar-refractivity contribution in [3.05, 3.63) is 71.3 Å². The van der Waals surface area contributed by atoms with E-state index in [-0.39, 0.29) is 18.5 Å². The lowest BCUT2D eigenvalue weighted by Crippen LogP contribution is -2.29. The van der Waals surface area contributed by atoms with Crippen LogP contribution in [-0.2, 0) is 12.7 Å². The number of nitrogens with zero attached hydrogens (tertiary/aromatic N) is 1. The molecule has 0 amide bonds. The van der Waals surface area contributed by atoms with E-state index in [9.17, 15) is 13.2 Å². The van der Waals surface area contributed by atoms with Crippen molar-refractivity contribution < 1.29 is 13.2 Å². The summed E-state index contributed by atoms with van der Waals surface area (Å²) in [5.41, 5.74) is 7.11. The van der Waals surface area contributed by atoms with Crippen molar-refractivity contribution in [1.29, 1.82) is 0 Å². The molecule has 2 atom stereocenters. The molecule has 0 bridgehead atoms. The molecule has 0 saturated carbocycles. The monoisotopic (exact) mass is 320 g/mol. The van der Waals surface area contributed by atoms with Crippen LogP contribution in [0.5, 0.6) is 0 Å². The Bertz CT molecular complexity index is 655. The first-order valence-electron chi connectivity index (χ1n) is 7.63. The van der Waals surface area contributed by atoms with Crippen molar-refractivity contribution in [1.82, 2.24) is 4.90 Å². The molecule has 1 aliphatic rings. The molecule has 1 aliphatic heterocycles. The van der Waals surface area contributed by atoms with Crippen LogP contribution in [0.4, 0.5) is 13.2 Å². The number of rotatable bonds is 3. The van der Waals surface area contributed by atoms with Crippen molar-refractivity contribution in [2.24, 2.45) is 5.73 Å². The minimum absolute atomic E-state index is 0.0598. The largest absolute Gasteiger partial charge is 0.416 e. The van der Waals surface area contributed by atoms with E-state index in [0.717, 1.165) is 11.6 Å². The lowest BCUT2D eigenvalue weighted by Gasteiger charge is -2.19. The predicted molar refractivity (Wildman–Crippen MR) is 83.9 cm³/mol. The molecular formula is C18H19F3N2. The maximum absolute atomic E-state index is 13.1. The fraction of sp³-hybridized carbons (Fsp3) is 0.333. The van der Waals surface area contributed by atoms with Crippen LogP contribution in [0.15, 0.2) is 54.6 Å². The highest BCUT2D eigenvalue weighted by molar-refractivity contribution is 5.30. The van der Waals surface area contributed by atoms with Gasteiger partial charge in [-0.05, 0) is 17.2 Å². The first-order valence-corrected chi connectivity index (χ1v) is 7.63. The van der Waals surface area contributed by atoms with E-state index in [1.54, 1.807) is 12.1 Å². The summed E-state index contributed by atoms with van der Waals surface area (Å²) < 4.78 is 39.3. The molecule has 2 aromatic carbocycles. The van der Waals surface area contributed by atoms with Crippen molar-refractivity contribution in [3.63, 3.8) is 0 Å². The smallest absolute Gasteiger partial charge is 0.326 e. The van der Waals surface area contributed by atoms with Crippen LogP contribution < -0.4 is 5.73 Å². The van der Waals surface area contributed by atoms with E-state index in [2.05, 4.69) is 0 Å². The summed E-state index contributed by atoms with van der Waals surface area (Å²) in [6.07, 6.45) is -4.32. The van der Waals surface area contributed by atoms with Crippen molar-refractivity contribution in [2.45, 2.75) is 24.7 Å². The number of nitrogens with two attached hydrogens (primary N) is 1. The number of hydrogen-bond donors (Lipinski definition) is 1. The molecule has 2 aromatic rings. The van der Waals surface area contributed by atoms with Crippen LogP contribution in [0, 0.1) is 0 Å². The molecule has 0 unspecified atom stereocenters. The highest BCUT2D eigenvalue weighted by Gasteiger charge is 2.35. The molecule has 1 fully saturated rings. The number of alkyl halides is 3. The summed E-state index contributed by atoms with van der Waals surface area (Å²) in [5, 5.41) is 0. The first kappa shape index (κ1) is 16.0. The Morgan fingerprint density at radius 3 is 2.30 bits per heavy atom. The van der Waals surface area contributed by atoms with E-state index < -0.39 is 11.7 Å². The van der Waals surface area contributed by atoms with Gasteiger partial charge in [0.15, 0.2) is 0 Å².